The third-order valence-electron chi connectivity index (χ3n) is 3.69. The number of carbonyl (C=O) groups excluding carboxylic acids is 1. The SMILES string of the molecule is CCN(C(=O)CSCc1cccc(Br)c1)C1CCS(=O)(=O)C1. The van der Waals surface area contributed by atoms with Gasteiger partial charge in [-0.3, -0.25) is 4.79 Å². The molecule has 22 heavy (non-hydrogen) atoms. The minimum atomic E-state index is -2.96. The third kappa shape index (κ3) is 4.99. The zero-order valence-electron chi connectivity index (χ0n) is 12.5. The molecule has 0 bridgehead atoms. The molecular formula is C15H20BrNO3S2. The van der Waals surface area contributed by atoms with E-state index in [2.05, 4.69) is 15.9 Å². The lowest BCUT2D eigenvalue weighted by Gasteiger charge is -2.26. The Kier molecular flexibility index (Phi) is 6.35. The first-order valence-electron chi connectivity index (χ1n) is 7.23. The number of hydrogen-bond acceptors (Lipinski definition) is 4. The number of thioether (sulfide) groups is 1. The maximum absolute atomic E-state index is 12.3. The van der Waals surface area contributed by atoms with Crippen LogP contribution in [0.2, 0.25) is 0 Å². The van der Waals surface area contributed by atoms with Crippen molar-refractivity contribution in [3.63, 3.8) is 0 Å². The number of hydrogen-bond donors (Lipinski definition) is 0. The van der Waals surface area contributed by atoms with Gasteiger partial charge in [0, 0.05) is 22.8 Å². The standard InChI is InChI=1S/C15H20BrNO3S2/c1-2-17(14-6-7-22(19,20)11-14)15(18)10-21-9-12-4-3-5-13(16)8-12/h3-5,8,14H,2,6-7,9-11H2,1H3. The van der Waals surface area contributed by atoms with Crippen molar-refractivity contribution in [3.05, 3.63) is 34.3 Å². The predicted octanol–water partition coefficient (Wildman–Crippen LogP) is 2.72. The van der Waals surface area contributed by atoms with Gasteiger partial charge in [0.1, 0.15) is 0 Å². The lowest BCUT2D eigenvalue weighted by molar-refractivity contribution is -0.129. The van der Waals surface area contributed by atoms with Crippen LogP contribution in [-0.2, 0) is 20.4 Å². The summed E-state index contributed by atoms with van der Waals surface area (Å²) >= 11 is 5.00. The van der Waals surface area contributed by atoms with E-state index < -0.39 is 9.84 Å². The fourth-order valence-electron chi connectivity index (χ4n) is 2.63. The van der Waals surface area contributed by atoms with Gasteiger partial charge in [-0.25, -0.2) is 8.42 Å². The Morgan fingerprint density at radius 2 is 2.23 bits per heavy atom. The number of amides is 1. The van der Waals surface area contributed by atoms with Gasteiger partial charge in [-0.1, -0.05) is 28.1 Å². The highest BCUT2D eigenvalue weighted by Gasteiger charge is 2.33. The van der Waals surface area contributed by atoms with Gasteiger partial charge in [0.05, 0.1) is 17.3 Å². The molecule has 1 heterocycles. The van der Waals surface area contributed by atoms with Gasteiger partial charge in [-0.15, -0.1) is 11.8 Å². The minimum Gasteiger partial charge on any atom is -0.338 e. The van der Waals surface area contributed by atoms with Crippen molar-refractivity contribution in [3.8, 4) is 0 Å². The first-order chi connectivity index (χ1) is 10.4. The van der Waals surface area contributed by atoms with E-state index in [1.165, 1.54) is 5.56 Å². The minimum absolute atomic E-state index is 0.0320. The van der Waals surface area contributed by atoms with Crippen LogP contribution in [0.1, 0.15) is 18.9 Å². The molecular weight excluding hydrogens is 386 g/mol. The Balaban J connectivity index is 1.85. The van der Waals surface area contributed by atoms with Crippen molar-refractivity contribution in [1.82, 2.24) is 4.90 Å². The Labute approximate surface area is 144 Å². The average Bonchev–Trinajstić information content (AvgIpc) is 2.80. The molecule has 1 fully saturated rings. The maximum atomic E-state index is 12.3. The zero-order chi connectivity index (χ0) is 16.2. The summed E-state index contributed by atoms with van der Waals surface area (Å²) in [6.07, 6.45) is 0.568. The zero-order valence-corrected chi connectivity index (χ0v) is 15.7. The van der Waals surface area contributed by atoms with Crippen LogP contribution in [0.4, 0.5) is 0 Å². The van der Waals surface area contributed by atoms with Crippen LogP contribution < -0.4 is 0 Å². The second-order valence-corrected chi connectivity index (χ2v) is 9.49. The van der Waals surface area contributed by atoms with E-state index in [-0.39, 0.29) is 23.5 Å². The summed E-state index contributed by atoms with van der Waals surface area (Å²) in [6, 6.07) is 7.87. The highest BCUT2D eigenvalue weighted by atomic mass is 79.9. The van der Waals surface area contributed by atoms with Crippen LogP contribution in [-0.4, -0.2) is 49.1 Å². The molecule has 4 nitrogen and oxygen atoms in total. The maximum Gasteiger partial charge on any atom is 0.232 e. The van der Waals surface area contributed by atoms with E-state index in [1.807, 2.05) is 31.2 Å². The quantitative estimate of drug-likeness (QED) is 0.729. The number of carbonyl (C=O) groups is 1. The molecule has 122 valence electrons. The van der Waals surface area contributed by atoms with Crippen LogP contribution in [0.25, 0.3) is 0 Å². The van der Waals surface area contributed by atoms with E-state index >= 15 is 0 Å². The molecule has 0 aliphatic carbocycles. The second kappa shape index (κ2) is 7.84. The molecule has 0 saturated carbocycles. The summed E-state index contributed by atoms with van der Waals surface area (Å²) in [5.41, 5.74) is 1.17. The molecule has 0 N–H and O–H groups in total. The highest BCUT2D eigenvalue weighted by molar-refractivity contribution is 9.10. The Morgan fingerprint density at radius 3 is 2.82 bits per heavy atom. The van der Waals surface area contributed by atoms with Gasteiger partial charge < -0.3 is 4.90 Å². The summed E-state index contributed by atoms with van der Waals surface area (Å²) in [7, 11) is -2.96. The van der Waals surface area contributed by atoms with Crippen LogP contribution in [0.5, 0.6) is 0 Å². The second-order valence-electron chi connectivity index (χ2n) is 5.36. The van der Waals surface area contributed by atoms with Crippen molar-refractivity contribution in [2.75, 3.05) is 23.8 Å². The smallest absolute Gasteiger partial charge is 0.232 e. The number of nitrogens with zero attached hydrogens (tertiary/aromatic N) is 1. The van der Waals surface area contributed by atoms with Crippen LogP contribution >= 0.6 is 27.7 Å². The molecule has 2 rings (SSSR count). The highest BCUT2D eigenvalue weighted by Crippen LogP contribution is 2.21. The normalized spacial score (nSPS) is 20.0. The lowest BCUT2D eigenvalue weighted by atomic mass is 10.2. The summed E-state index contributed by atoms with van der Waals surface area (Å²) in [5, 5.41) is 0. The summed E-state index contributed by atoms with van der Waals surface area (Å²) in [5.74, 6) is 1.50. The molecule has 1 atom stereocenters. The number of rotatable bonds is 6. The molecule has 0 radical (unpaired) electrons. The first-order valence-corrected chi connectivity index (χ1v) is 11.0. The summed E-state index contributed by atoms with van der Waals surface area (Å²) < 4.78 is 24.2. The summed E-state index contributed by atoms with van der Waals surface area (Å²) in [4.78, 5) is 14.1. The Hall–Kier alpha value is -0.530. The number of halogens is 1. The molecule has 1 aliphatic rings. The van der Waals surface area contributed by atoms with E-state index in [0.29, 0.717) is 18.7 Å². The predicted molar refractivity (Wildman–Crippen MR) is 94.7 cm³/mol. The van der Waals surface area contributed by atoms with E-state index in [1.54, 1.807) is 16.7 Å². The van der Waals surface area contributed by atoms with Crippen LogP contribution in [0.15, 0.2) is 28.7 Å². The first kappa shape index (κ1) is 17.8. The topological polar surface area (TPSA) is 54.5 Å². The largest absolute Gasteiger partial charge is 0.338 e. The van der Waals surface area contributed by atoms with E-state index in [9.17, 15) is 13.2 Å². The molecule has 1 aliphatic heterocycles. The molecule has 7 heteroatoms. The van der Waals surface area contributed by atoms with Crippen molar-refractivity contribution < 1.29 is 13.2 Å². The van der Waals surface area contributed by atoms with Gasteiger partial charge in [0.15, 0.2) is 9.84 Å². The van der Waals surface area contributed by atoms with Gasteiger partial charge in [-0.2, -0.15) is 0 Å². The Morgan fingerprint density at radius 1 is 1.45 bits per heavy atom. The van der Waals surface area contributed by atoms with E-state index in [0.717, 1.165) is 10.2 Å². The van der Waals surface area contributed by atoms with Gasteiger partial charge in [0.25, 0.3) is 0 Å². The van der Waals surface area contributed by atoms with Gasteiger partial charge >= 0.3 is 0 Å². The monoisotopic (exact) mass is 405 g/mol. The molecule has 0 spiro atoms. The number of sulfone groups is 1. The van der Waals surface area contributed by atoms with Gasteiger partial charge in [0.2, 0.25) is 5.91 Å². The molecule has 1 amide bonds. The van der Waals surface area contributed by atoms with Crippen molar-refractivity contribution in [2.45, 2.75) is 25.1 Å². The fourth-order valence-corrected chi connectivity index (χ4v) is 5.66. The molecule has 1 aromatic carbocycles. The third-order valence-corrected chi connectivity index (χ3v) is 6.93. The average molecular weight is 406 g/mol. The molecule has 0 aromatic heterocycles. The Bertz CT molecular complexity index is 633. The number of benzene rings is 1. The molecule has 1 saturated heterocycles. The lowest BCUT2D eigenvalue weighted by Crippen LogP contribution is -2.41. The summed E-state index contributed by atoms with van der Waals surface area (Å²) in [6.45, 7) is 2.47. The van der Waals surface area contributed by atoms with Crippen molar-refractivity contribution in [1.29, 1.82) is 0 Å². The molecule has 1 unspecified atom stereocenters. The van der Waals surface area contributed by atoms with Crippen LogP contribution in [0.3, 0.4) is 0 Å². The van der Waals surface area contributed by atoms with Crippen LogP contribution in [0, 0.1) is 0 Å². The van der Waals surface area contributed by atoms with Crippen molar-refractivity contribution >= 4 is 43.4 Å². The fraction of sp³-hybridized carbons (Fsp3) is 0.533. The van der Waals surface area contributed by atoms with Crippen molar-refractivity contribution in [2.24, 2.45) is 0 Å². The van der Waals surface area contributed by atoms with Gasteiger partial charge in [-0.05, 0) is 31.0 Å². The van der Waals surface area contributed by atoms with E-state index in [4.69, 9.17) is 0 Å². The molecule has 1 aromatic rings.